The van der Waals surface area contributed by atoms with Crippen LogP contribution in [0.25, 0.3) is 0 Å². The summed E-state index contributed by atoms with van der Waals surface area (Å²) < 4.78 is 23.4. The van der Waals surface area contributed by atoms with Crippen LogP contribution in [0.3, 0.4) is 0 Å². The molecule has 0 aromatic carbocycles. The minimum atomic E-state index is -3.23. The van der Waals surface area contributed by atoms with Crippen LogP contribution in [0.4, 0.5) is 11.6 Å². The van der Waals surface area contributed by atoms with Crippen molar-refractivity contribution in [2.75, 3.05) is 36.5 Å². The van der Waals surface area contributed by atoms with Crippen molar-refractivity contribution in [1.29, 1.82) is 0 Å². The van der Waals surface area contributed by atoms with Crippen LogP contribution in [-0.4, -0.2) is 54.0 Å². The summed E-state index contributed by atoms with van der Waals surface area (Å²) in [5.41, 5.74) is 11.8. The molecule has 1 saturated heterocycles. The average Bonchev–Trinajstić information content (AvgIpc) is 2.64. The molecule has 27 heavy (non-hydrogen) atoms. The summed E-state index contributed by atoms with van der Waals surface area (Å²) in [5.74, 6) is 0.907. The molecule has 8 nitrogen and oxygen atoms in total. The summed E-state index contributed by atoms with van der Waals surface area (Å²) >= 11 is 7.36. The number of halogens is 1. The highest BCUT2D eigenvalue weighted by Gasteiger charge is 2.42. The van der Waals surface area contributed by atoms with Crippen LogP contribution < -0.4 is 16.4 Å². The molecule has 146 valence electrons. The number of nitrogen functional groups attached to an aromatic ring is 1. The lowest BCUT2D eigenvalue weighted by Crippen LogP contribution is -2.53. The minimum absolute atomic E-state index is 0.120. The molecule has 0 aliphatic carbocycles. The van der Waals surface area contributed by atoms with Gasteiger partial charge in [0.05, 0.1) is 15.8 Å². The molecule has 0 bridgehead atoms. The highest BCUT2D eigenvalue weighted by molar-refractivity contribution is 7.99. The molecule has 2 aromatic heterocycles. The maximum Gasteiger partial charge on any atom is 0.158 e. The fourth-order valence-corrected chi connectivity index (χ4v) is 5.24. The van der Waals surface area contributed by atoms with Crippen LogP contribution in [0.1, 0.15) is 12.8 Å². The molecule has 11 heteroatoms. The van der Waals surface area contributed by atoms with Gasteiger partial charge in [-0.1, -0.05) is 23.4 Å². The number of hydrogen-bond donors (Lipinski definition) is 2. The highest BCUT2D eigenvalue weighted by Crippen LogP contribution is 2.35. The van der Waals surface area contributed by atoms with Crippen molar-refractivity contribution in [3.63, 3.8) is 0 Å². The second-order valence-electron chi connectivity index (χ2n) is 6.46. The van der Waals surface area contributed by atoms with Gasteiger partial charge in [-0.25, -0.2) is 23.4 Å². The molecule has 0 unspecified atom stereocenters. The van der Waals surface area contributed by atoms with Crippen LogP contribution in [0, 0.1) is 0 Å². The zero-order valence-electron chi connectivity index (χ0n) is 14.8. The van der Waals surface area contributed by atoms with Crippen molar-refractivity contribution in [3.05, 3.63) is 29.7 Å². The number of pyridine rings is 1. The lowest BCUT2D eigenvalue weighted by Gasteiger charge is -2.40. The first-order valence-corrected chi connectivity index (χ1v) is 11.4. The van der Waals surface area contributed by atoms with Gasteiger partial charge in [0.1, 0.15) is 16.0 Å². The van der Waals surface area contributed by atoms with E-state index in [1.165, 1.54) is 18.0 Å². The number of anilines is 2. The molecule has 0 atom stereocenters. The first-order chi connectivity index (χ1) is 12.8. The van der Waals surface area contributed by atoms with Crippen molar-refractivity contribution in [3.8, 4) is 0 Å². The largest absolute Gasteiger partial charge is 0.381 e. The minimum Gasteiger partial charge on any atom is -0.381 e. The van der Waals surface area contributed by atoms with E-state index in [0.29, 0.717) is 41.9 Å². The van der Waals surface area contributed by atoms with E-state index in [1.807, 2.05) is 11.0 Å². The molecule has 3 rings (SSSR count). The van der Waals surface area contributed by atoms with Crippen LogP contribution in [0.15, 0.2) is 34.4 Å². The van der Waals surface area contributed by atoms with E-state index < -0.39 is 14.6 Å². The van der Waals surface area contributed by atoms with Crippen molar-refractivity contribution in [1.82, 2.24) is 15.0 Å². The Labute approximate surface area is 167 Å². The Bertz CT molecular complexity index is 932. The van der Waals surface area contributed by atoms with E-state index in [9.17, 15) is 8.42 Å². The Morgan fingerprint density at radius 3 is 2.59 bits per heavy atom. The quantitative estimate of drug-likeness (QED) is 0.682. The van der Waals surface area contributed by atoms with Gasteiger partial charge in [0, 0.05) is 32.1 Å². The molecule has 0 radical (unpaired) electrons. The van der Waals surface area contributed by atoms with Crippen LogP contribution in [0.2, 0.25) is 5.15 Å². The van der Waals surface area contributed by atoms with Gasteiger partial charge >= 0.3 is 0 Å². The Kier molecular flexibility index (Phi) is 5.80. The third-order valence-electron chi connectivity index (χ3n) is 4.84. The van der Waals surface area contributed by atoms with Crippen LogP contribution in [0.5, 0.6) is 0 Å². The smallest absolute Gasteiger partial charge is 0.158 e. The van der Waals surface area contributed by atoms with Crippen LogP contribution >= 0.6 is 23.4 Å². The molecule has 0 amide bonds. The lowest BCUT2D eigenvalue weighted by molar-refractivity contribution is 0.421. The second kappa shape index (κ2) is 7.78. The van der Waals surface area contributed by atoms with Gasteiger partial charge in [-0.2, -0.15) is 0 Å². The van der Waals surface area contributed by atoms with Gasteiger partial charge in [-0.3, -0.25) is 0 Å². The van der Waals surface area contributed by atoms with Gasteiger partial charge in [0.2, 0.25) is 0 Å². The van der Waals surface area contributed by atoms with Crippen molar-refractivity contribution in [2.45, 2.75) is 27.5 Å². The van der Waals surface area contributed by atoms with Gasteiger partial charge in [0.25, 0.3) is 0 Å². The summed E-state index contributed by atoms with van der Waals surface area (Å²) in [6.45, 7) is 1.17. The number of rotatable bonds is 5. The van der Waals surface area contributed by atoms with Gasteiger partial charge in [0.15, 0.2) is 15.7 Å². The third-order valence-corrected chi connectivity index (χ3v) is 8.46. The number of aromatic nitrogens is 3. The number of hydrogen-bond acceptors (Lipinski definition) is 9. The van der Waals surface area contributed by atoms with E-state index in [4.69, 9.17) is 23.1 Å². The Morgan fingerprint density at radius 1 is 1.33 bits per heavy atom. The molecule has 1 aliphatic rings. The molecular formula is C16H21ClN6O2S2. The van der Waals surface area contributed by atoms with E-state index in [0.717, 1.165) is 4.90 Å². The first kappa shape index (κ1) is 20.1. The summed E-state index contributed by atoms with van der Waals surface area (Å²) in [5, 5.41) is 0.917. The number of piperidine rings is 1. The standard InChI is InChI=1S/C16H21ClN6O2S2/c1-27(24,25)16(10-18)4-7-23(8-5-16)12-9-21-15(14(19)22-12)26-11-3-2-6-20-13(11)17/h2-3,6,9H,4-5,7-8,10,18H2,1H3,(H2,19,22). The second-order valence-corrected chi connectivity index (χ2v) is 10.3. The van der Waals surface area contributed by atoms with Crippen molar-refractivity contribution >= 4 is 44.8 Å². The van der Waals surface area contributed by atoms with Gasteiger partial charge < -0.3 is 16.4 Å². The van der Waals surface area contributed by atoms with E-state index >= 15 is 0 Å². The highest BCUT2D eigenvalue weighted by atomic mass is 35.5. The number of sulfone groups is 1. The topological polar surface area (TPSA) is 128 Å². The van der Waals surface area contributed by atoms with Gasteiger partial charge in [-0.05, 0) is 25.0 Å². The summed E-state index contributed by atoms with van der Waals surface area (Å²) in [4.78, 5) is 15.6. The summed E-state index contributed by atoms with van der Waals surface area (Å²) in [6.07, 6.45) is 5.40. The zero-order chi connectivity index (χ0) is 19.7. The van der Waals surface area contributed by atoms with E-state index in [2.05, 4.69) is 15.0 Å². The predicted molar refractivity (Wildman–Crippen MR) is 108 cm³/mol. The van der Waals surface area contributed by atoms with Crippen molar-refractivity contribution < 1.29 is 8.42 Å². The zero-order valence-corrected chi connectivity index (χ0v) is 17.2. The summed E-state index contributed by atoms with van der Waals surface area (Å²) in [6, 6.07) is 3.61. The molecule has 0 spiro atoms. The fourth-order valence-electron chi connectivity index (χ4n) is 3.03. The average molecular weight is 429 g/mol. The Balaban J connectivity index is 1.74. The molecule has 3 heterocycles. The summed E-state index contributed by atoms with van der Waals surface area (Å²) in [7, 11) is -3.23. The molecule has 1 fully saturated rings. The number of nitrogens with zero attached hydrogens (tertiary/aromatic N) is 4. The van der Waals surface area contributed by atoms with Crippen molar-refractivity contribution in [2.24, 2.45) is 5.73 Å². The predicted octanol–water partition coefficient (Wildman–Crippen LogP) is 1.60. The Morgan fingerprint density at radius 2 is 2.04 bits per heavy atom. The SMILES string of the molecule is CS(=O)(=O)C1(CN)CCN(c2cnc(Sc3cccnc3Cl)c(N)n2)CC1. The third kappa shape index (κ3) is 4.13. The Hall–Kier alpha value is -1.62. The van der Waals surface area contributed by atoms with E-state index in [-0.39, 0.29) is 12.4 Å². The number of nitrogens with two attached hydrogens (primary N) is 2. The normalized spacial score (nSPS) is 17.1. The molecule has 2 aromatic rings. The molecular weight excluding hydrogens is 408 g/mol. The van der Waals surface area contributed by atoms with Gasteiger partial charge in [-0.15, -0.1) is 0 Å². The molecule has 1 aliphatic heterocycles. The van der Waals surface area contributed by atoms with E-state index in [1.54, 1.807) is 18.5 Å². The first-order valence-electron chi connectivity index (χ1n) is 8.31. The maximum absolute atomic E-state index is 12.1. The maximum atomic E-state index is 12.1. The molecule has 4 N–H and O–H groups in total. The van der Waals surface area contributed by atoms with Crippen LogP contribution in [-0.2, 0) is 9.84 Å². The monoisotopic (exact) mass is 428 g/mol. The molecule has 0 saturated carbocycles. The fraction of sp³-hybridized carbons (Fsp3) is 0.438. The lowest BCUT2D eigenvalue weighted by atomic mass is 9.96.